The second-order valence-corrected chi connectivity index (χ2v) is 10.2. The number of hydrogen-bond acceptors (Lipinski definition) is 5. The van der Waals surface area contributed by atoms with Crippen LogP contribution in [0.25, 0.3) is 0 Å². The van der Waals surface area contributed by atoms with Gasteiger partial charge >= 0.3 is 0 Å². The minimum absolute atomic E-state index is 0. The predicted molar refractivity (Wildman–Crippen MR) is 95.1 cm³/mol. The van der Waals surface area contributed by atoms with Gasteiger partial charge in [-0.2, -0.15) is 0 Å². The first-order valence-electron chi connectivity index (χ1n) is 8.53. The number of piperidine rings is 1. The molecule has 2 heterocycles. The monoisotopic (exact) mass is 380 g/mol. The molecule has 3 fully saturated rings. The van der Waals surface area contributed by atoms with Gasteiger partial charge in [0, 0.05) is 30.2 Å². The van der Waals surface area contributed by atoms with E-state index < -0.39 is 14.6 Å². The van der Waals surface area contributed by atoms with E-state index in [0.717, 1.165) is 19.4 Å². The van der Waals surface area contributed by atoms with Crippen LogP contribution in [-0.4, -0.2) is 57.2 Å². The van der Waals surface area contributed by atoms with Crippen molar-refractivity contribution in [3.05, 3.63) is 0 Å². The number of halogens is 1. The van der Waals surface area contributed by atoms with Crippen molar-refractivity contribution >= 4 is 28.2 Å². The Morgan fingerprint density at radius 3 is 2.46 bits per heavy atom. The largest absolute Gasteiger partial charge is 0.377 e. The first-order chi connectivity index (χ1) is 10.7. The molecule has 0 bridgehead atoms. The van der Waals surface area contributed by atoms with Crippen molar-refractivity contribution in [2.45, 2.75) is 56.4 Å². The number of sulfone groups is 1. The van der Waals surface area contributed by atoms with Crippen LogP contribution in [0.15, 0.2) is 0 Å². The molecule has 1 amide bonds. The molecule has 0 aromatic heterocycles. The molecule has 2 aliphatic heterocycles. The smallest absolute Gasteiger partial charge is 0.241 e. The van der Waals surface area contributed by atoms with Crippen LogP contribution in [0.1, 0.15) is 39.5 Å². The van der Waals surface area contributed by atoms with E-state index in [9.17, 15) is 13.2 Å². The molecule has 8 heteroatoms. The van der Waals surface area contributed by atoms with Gasteiger partial charge in [0.05, 0.1) is 6.10 Å². The van der Waals surface area contributed by atoms with Crippen LogP contribution in [0.2, 0.25) is 0 Å². The summed E-state index contributed by atoms with van der Waals surface area (Å²) in [4.78, 5) is 13.0. The molecule has 140 valence electrons. The highest BCUT2D eigenvalue weighted by Crippen LogP contribution is 2.51. The SMILES string of the molecule is CC1(C)C(NC(=O)C2(S(C)(=O)=O)CCNCC2)C2CCCOC21.Cl. The second-order valence-electron chi connectivity index (χ2n) is 7.89. The Morgan fingerprint density at radius 1 is 1.25 bits per heavy atom. The topological polar surface area (TPSA) is 84.5 Å². The first kappa shape index (κ1) is 19.9. The van der Waals surface area contributed by atoms with Crippen molar-refractivity contribution < 1.29 is 17.9 Å². The Kier molecular flexibility index (Phi) is 5.60. The quantitative estimate of drug-likeness (QED) is 0.759. The Labute approximate surface area is 150 Å². The van der Waals surface area contributed by atoms with Crippen LogP contribution in [0, 0.1) is 11.3 Å². The third-order valence-electron chi connectivity index (χ3n) is 6.15. The number of ether oxygens (including phenoxy) is 1. The van der Waals surface area contributed by atoms with E-state index in [1.54, 1.807) is 0 Å². The summed E-state index contributed by atoms with van der Waals surface area (Å²) in [5.74, 6) is -0.00961. The van der Waals surface area contributed by atoms with Crippen LogP contribution < -0.4 is 10.6 Å². The second kappa shape index (κ2) is 6.74. The van der Waals surface area contributed by atoms with Crippen molar-refractivity contribution in [2.24, 2.45) is 11.3 Å². The van der Waals surface area contributed by atoms with Gasteiger partial charge in [-0.25, -0.2) is 8.42 Å². The van der Waals surface area contributed by atoms with E-state index in [1.165, 1.54) is 6.26 Å². The van der Waals surface area contributed by atoms with E-state index in [1.807, 2.05) is 0 Å². The molecule has 0 spiro atoms. The van der Waals surface area contributed by atoms with Crippen LogP contribution in [0.4, 0.5) is 0 Å². The number of fused-ring (bicyclic) bond motifs is 1. The molecule has 0 radical (unpaired) electrons. The van der Waals surface area contributed by atoms with Crippen LogP contribution >= 0.6 is 12.4 Å². The van der Waals surface area contributed by atoms with Gasteiger partial charge < -0.3 is 15.4 Å². The highest BCUT2D eigenvalue weighted by molar-refractivity contribution is 7.92. The molecule has 2 N–H and O–H groups in total. The molecule has 0 aromatic carbocycles. The average molecular weight is 381 g/mol. The average Bonchev–Trinajstić information content (AvgIpc) is 2.52. The van der Waals surface area contributed by atoms with Crippen molar-refractivity contribution in [3.63, 3.8) is 0 Å². The van der Waals surface area contributed by atoms with Gasteiger partial charge in [-0.1, -0.05) is 13.8 Å². The minimum Gasteiger partial charge on any atom is -0.377 e. The van der Waals surface area contributed by atoms with Crippen LogP contribution in [0.3, 0.4) is 0 Å². The van der Waals surface area contributed by atoms with E-state index in [4.69, 9.17) is 4.74 Å². The number of amides is 1. The molecule has 0 aromatic rings. The van der Waals surface area contributed by atoms with Gasteiger partial charge in [0.15, 0.2) is 14.6 Å². The van der Waals surface area contributed by atoms with Gasteiger partial charge in [-0.05, 0) is 38.8 Å². The summed E-state index contributed by atoms with van der Waals surface area (Å²) in [6, 6.07) is -0.00573. The molecule has 1 aliphatic carbocycles. The Bertz CT molecular complexity index is 587. The molecular weight excluding hydrogens is 352 g/mol. The van der Waals surface area contributed by atoms with Crippen LogP contribution in [0.5, 0.6) is 0 Å². The predicted octanol–water partition coefficient (Wildman–Crippen LogP) is 0.895. The third-order valence-corrected chi connectivity index (χ3v) is 8.17. The van der Waals surface area contributed by atoms with Gasteiger partial charge in [0.2, 0.25) is 5.91 Å². The summed E-state index contributed by atoms with van der Waals surface area (Å²) in [5, 5.41) is 6.24. The molecule has 3 aliphatic rings. The summed E-state index contributed by atoms with van der Waals surface area (Å²) >= 11 is 0. The standard InChI is InChI=1S/C16H28N2O4S.ClH/c1-15(2)12(11-5-4-10-22-13(11)15)18-14(19)16(23(3,20)21)6-8-17-9-7-16;/h11-13,17H,4-10H2,1-3H3,(H,18,19);1H. The lowest BCUT2D eigenvalue weighted by molar-refractivity contribution is -0.194. The number of carbonyl (C=O) groups is 1. The van der Waals surface area contributed by atoms with E-state index in [2.05, 4.69) is 24.5 Å². The van der Waals surface area contributed by atoms with Crippen molar-refractivity contribution in [1.82, 2.24) is 10.6 Å². The highest BCUT2D eigenvalue weighted by atomic mass is 35.5. The lowest BCUT2D eigenvalue weighted by Gasteiger charge is -2.60. The van der Waals surface area contributed by atoms with Crippen molar-refractivity contribution in [3.8, 4) is 0 Å². The fourth-order valence-corrected chi connectivity index (χ4v) is 6.03. The Morgan fingerprint density at radius 2 is 1.88 bits per heavy atom. The zero-order valence-electron chi connectivity index (χ0n) is 14.6. The lowest BCUT2D eigenvalue weighted by Crippen LogP contribution is -2.72. The summed E-state index contributed by atoms with van der Waals surface area (Å²) in [5.41, 5.74) is -0.146. The minimum atomic E-state index is -3.47. The van der Waals surface area contributed by atoms with Gasteiger partial charge in [0.25, 0.3) is 0 Å². The molecule has 2 saturated heterocycles. The summed E-state index contributed by atoms with van der Waals surface area (Å²) in [6.45, 7) is 6.09. The molecule has 3 rings (SSSR count). The fraction of sp³-hybridized carbons (Fsp3) is 0.938. The zero-order chi connectivity index (χ0) is 16.9. The Hall–Kier alpha value is -0.370. The molecular formula is C16H29ClN2O4S. The van der Waals surface area contributed by atoms with E-state index >= 15 is 0 Å². The third kappa shape index (κ3) is 2.97. The van der Waals surface area contributed by atoms with Gasteiger partial charge in [0.1, 0.15) is 0 Å². The maximum atomic E-state index is 13.0. The Balaban J connectivity index is 0.00000208. The lowest BCUT2D eigenvalue weighted by atomic mass is 9.55. The van der Waals surface area contributed by atoms with Gasteiger partial charge in [-0.3, -0.25) is 4.79 Å². The maximum absolute atomic E-state index is 13.0. The molecule has 24 heavy (non-hydrogen) atoms. The number of carbonyl (C=O) groups excluding carboxylic acids is 1. The molecule has 3 atom stereocenters. The highest BCUT2D eigenvalue weighted by Gasteiger charge is 2.60. The van der Waals surface area contributed by atoms with Gasteiger partial charge in [-0.15, -0.1) is 12.4 Å². The van der Waals surface area contributed by atoms with E-state index in [0.29, 0.717) is 31.8 Å². The zero-order valence-corrected chi connectivity index (χ0v) is 16.3. The molecule has 6 nitrogen and oxygen atoms in total. The summed E-state index contributed by atoms with van der Waals surface area (Å²) in [6.07, 6.45) is 4.09. The van der Waals surface area contributed by atoms with Crippen LogP contribution in [-0.2, 0) is 19.4 Å². The summed E-state index contributed by atoms with van der Waals surface area (Å²) in [7, 11) is -3.47. The first-order valence-corrected chi connectivity index (χ1v) is 10.4. The fourth-order valence-electron chi connectivity index (χ4n) is 4.69. The van der Waals surface area contributed by atoms with E-state index in [-0.39, 0.29) is 35.9 Å². The van der Waals surface area contributed by atoms with Crippen molar-refractivity contribution in [2.75, 3.05) is 26.0 Å². The normalized spacial score (nSPS) is 34.2. The number of nitrogens with one attached hydrogen (secondary N) is 2. The number of rotatable bonds is 3. The molecule has 1 saturated carbocycles. The molecule has 3 unspecified atom stereocenters. The maximum Gasteiger partial charge on any atom is 0.241 e. The summed E-state index contributed by atoms with van der Waals surface area (Å²) < 4.78 is 29.3. The number of hydrogen-bond donors (Lipinski definition) is 2. The van der Waals surface area contributed by atoms with Crippen molar-refractivity contribution in [1.29, 1.82) is 0 Å².